The molecule has 0 fully saturated rings. The average molecular weight is 328 g/mol. The van der Waals surface area contributed by atoms with Crippen molar-refractivity contribution in [1.82, 2.24) is 10.6 Å². The number of hydrogen-bond donors (Lipinski definition) is 2. The summed E-state index contributed by atoms with van der Waals surface area (Å²) >= 11 is 5.10. The average Bonchev–Trinajstić information content (AvgIpc) is 2.60. The zero-order valence-corrected chi connectivity index (χ0v) is 13.4. The molecule has 0 atom stereocenters. The molecule has 1 amide bonds. The van der Waals surface area contributed by atoms with Crippen LogP contribution in [0.1, 0.15) is 26.3 Å². The minimum Gasteiger partial charge on any atom is -0.465 e. The van der Waals surface area contributed by atoms with Crippen LogP contribution in [0.4, 0.5) is 0 Å². The Morgan fingerprint density at radius 3 is 2.43 bits per heavy atom. The summed E-state index contributed by atoms with van der Waals surface area (Å²) < 4.78 is 4.63. The fraction of sp³-hybridized carbons (Fsp3) is 0.118. The second-order valence-corrected chi connectivity index (χ2v) is 5.10. The van der Waals surface area contributed by atoms with E-state index in [1.54, 1.807) is 18.2 Å². The molecular weight excluding hydrogens is 312 g/mol. The predicted molar refractivity (Wildman–Crippen MR) is 91.1 cm³/mol. The van der Waals surface area contributed by atoms with Gasteiger partial charge in [-0.1, -0.05) is 36.4 Å². The van der Waals surface area contributed by atoms with Crippen LogP contribution in [-0.4, -0.2) is 24.1 Å². The molecule has 0 saturated carbocycles. The maximum atomic E-state index is 12.1. The van der Waals surface area contributed by atoms with Crippen LogP contribution in [0, 0.1) is 0 Å². The number of nitrogens with one attached hydrogen (secondary N) is 2. The molecule has 0 aromatic heterocycles. The van der Waals surface area contributed by atoms with Crippen molar-refractivity contribution in [2.24, 2.45) is 0 Å². The highest BCUT2D eigenvalue weighted by Gasteiger charge is 2.11. The number of carbonyl (C=O) groups excluding carboxylic acids is 2. The lowest BCUT2D eigenvalue weighted by Crippen LogP contribution is -2.38. The van der Waals surface area contributed by atoms with Crippen molar-refractivity contribution in [1.29, 1.82) is 0 Å². The molecule has 2 aromatic rings. The second-order valence-electron chi connectivity index (χ2n) is 4.69. The number of esters is 1. The summed E-state index contributed by atoms with van der Waals surface area (Å²) in [6.45, 7) is 0.516. The van der Waals surface area contributed by atoms with Crippen molar-refractivity contribution in [2.75, 3.05) is 7.11 Å². The van der Waals surface area contributed by atoms with Crippen LogP contribution in [0.5, 0.6) is 0 Å². The summed E-state index contributed by atoms with van der Waals surface area (Å²) in [5, 5.41) is 5.76. The minimum atomic E-state index is -0.496. The first kappa shape index (κ1) is 16.6. The molecule has 23 heavy (non-hydrogen) atoms. The molecule has 0 heterocycles. The van der Waals surface area contributed by atoms with E-state index in [1.165, 1.54) is 13.2 Å². The molecule has 0 saturated heterocycles. The van der Waals surface area contributed by atoms with E-state index in [2.05, 4.69) is 15.4 Å². The molecule has 0 aliphatic rings. The fourth-order valence-corrected chi connectivity index (χ4v) is 2.07. The quantitative estimate of drug-likeness (QED) is 0.666. The monoisotopic (exact) mass is 328 g/mol. The third-order valence-electron chi connectivity index (χ3n) is 3.07. The molecule has 2 aromatic carbocycles. The van der Waals surface area contributed by atoms with Crippen molar-refractivity contribution < 1.29 is 14.3 Å². The molecule has 2 N–H and O–H groups in total. The Bertz CT molecular complexity index is 717. The number of rotatable bonds is 4. The van der Waals surface area contributed by atoms with Crippen LogP contribution in [-0.2, 0) is 11.3 Å². The van der Waals surface area contributed by atoms with Gasteiger partial charge in [0.1, 0.15) is 0 Å². The molecule has 118 valence electrons. The van der Waals surface area contributed by atoms with Gasteiger partial charge >= 0.3 is 5.97 Å². The van der Waals surface area contributed by atoms with E-state index < -0.39 is 5.97 Å². The number of ether oxygens (including phenoxy) is 1. The highest BCUT2D eigenvalue weighted by Crippen LogP contribution is 2.06. The maximum absolute atomic E-state index is 12.1. The van der Waals surface area contributed by atoms with Crippen molar-refractivity contribution in [3.8, 4) is 0 Å². The van der Waals surface area contributed by atoms with Gasteiger partial charge in [-0.25, -0.2) is 4.79 Å². The molecule has 0 aliphatic carbocycles. The molecule has 6 heteroatoms. The number of hydrogen-bond acceptors (Lipinski definition) is 4. The lowest BCUT2D eigenvalue weighted by molar-refractivity contribution is 0.0600. The van der Waals surface area contributed by atoms with E-state index in [4.69, 9.17) is 12.2 Å². The van der Waals surface area contributed by atoms with Gasteiger partial charge in [-0.3, -0.25) is 10.1 Å². The van der Waals surface area contributed by atoms with Gasteiger partial charge < -0.3 is 10.1 Å². The SMILES string of the molecule is COC(=O)c1cccc(C(=O)NC(=S)NCc2ccccc2)c1. The lowest BCUT2D eigenvalue weighted by Gasteiger charge is -2.10. The fourth-order valence-electron chi connectivity index (χ4n) is 1.90. The molecular formula is C17H16N2O3S. The Balaban J connectivity index is 1.93. The Kier molecular flexibility index (Phi) is 5.82. The Hall–Kier alpha value is -2.73. The van der Waals surface area contributed by atoms with E-state index in [1.807, 2.05) is 30.3 Å². The van der Waals surface area contributed by atoms with Crippen molar-refractivity contribution in [3.05, 3.63) is 71.3 Å². The van der Waals surface area contributed by atoms with Crippen molar-refractivity contribution >= 4 is 29.2 Å². The summed E-state index contributed by atoms with van der Waals surface area (Å²) in [7, 11) is 1.29. The van der Waals surface area contributed by atoms with Gasteiger partial charge in [0.25, 0.3) is 5.91 Å². The zero-order valence-electron chi connectivity index (χ0n) is 12.5. The van der Waals surface area contributed by atoms with Gasteiger partial charge in [-0.15, -0.1) is 0 Å². The summed E-state index contributed by atoms with van der Waals surface area (Å²) in [5.74, 6) is -0.884. The molecule has 0 radical (unpaired) electrons. The summed E-state index contributed by atoms with van der Waals surface area (Å²) in [6.07, 6.45) is 0. The Morgan fingerprint density at radius 2 is 1.74 bits per heavy atom. The van der Waals surface area contributed by atoms with Crippen LogP contribution in [0.15, 0.2) is 54.6 Å². The van der Waals surface area contributed by atoms with E-state index in [0.717, 1.165) is 5.56 Å². The van der Waals surface area contributed by atoms with Crippen LogP contribution >= 0.6 is 12.2 Å². The molecule has 0 spiro atoms. The molecule has 2 rings (SSSR count). The van der Waals surface area contributed by atoms with Crippen LogP contribution in [0.25, 0.3) is 0 Å². The van der Waals surface area contributed by atoms with Gasteiger partial charge in [0.05, 0.1) is 12.7 Å². The zero-order chi connectivity index (χ0) is 16.7. The third-order valence-corrected chi connectivity index (χ3v) is 3.32. The Morgan fingerprint density at radius 1 is 1.04 bits per heavy atom. The first-order valence-electron chi connectivity index (χ1n) is 6.91. The third kappa shape index (κ3) is 4.89. The highest BCUT2D eigenvalue weighted by atomic mass is 32.1. The van der Waals surface area contributed by atoms with Gasteiger partial charge in [0.15, 0.2) is 5.11 Å². The van der Waals surface area contributed by atoms with E-state index in [0.29, 0.717) is 17.7 Å². The van der Waals surface area contributed by atoms with Gasteiger partial charge in [-0.05, 0) is 36.0 Å². The first-order chi connectivity index (χ1) is 11.1. The molecule has 5 nitrogen and oxygen atoms in total. The van der Waals surface area contributed by atoms with Crippen LogP contribution in [0.2, 0.25) is 0 Å². The maximum Gasteiger partial charge on any atom is 0.337 e. The summed E-state index contributed by atoms with van der Waals surface area (Å²) in [5.41, 5.74) is 1.69. The van der Waals surface area contributed by atoms with Gasteiger partial charge in [0.2, 0.25) is 0 Å². The number of benzene rings is 2. The van der Waals surface area contributed by atoms with E-state index in [9.17, 15) is 9.59 Å². The summed E-state index contributed by atoms with van der Waals surface area (Å²) in [6, 6.07) is 15.9. The van der Waals surface area contributed by atoms with Crippen molar-refractivity contribution in [3.63, 3.8) is 0 Å². The largest absolute Gasteiger partial charge is 0.465 e. The molecule has 0 aliphatic heterocycles. The Labute approximate surface area is 139 Å². The number of amides is 1. The lowest BCUT2D eigenvalue weighted by atomic mass is 10.1. The molecule has 0 unspecified atom stereocenters. The van der Waals surface area contributed by atoms with Crippen LogP contribution < -0.4 is 10.6 Å². The topological polar surface area (TPSA) is 67.4 Å². The normalized spacial score (nSPS) is 9.78. The highest BCUT2D eigenvalue weighted by molar-refractivity contribution is 7.80. The first-order valence-corrected chi connectivity index (χ1v) is 7.32. The smallest absolute Gasteiger partial charge is 0.337 e. The number of methoxy groups -OCH3 is 1. The minimum absolute atomic E-state index is 0.224. The van der Waals surface area contributed by atoms with Crippen molar-refractivity contribution in [2.45, 2.75) is 6.54 Å². The van der Waals surface area contributed by atoms with Gasteiger partial charge in [0, 0.05) is 12.1 Å². The number of carbonyl (C=O) groups is 2. The van der Waals surface area contributed by atoms with Crippen LogP contribution in [0.3, 0.4) is 0 Å². The summed E-state index contributed by atoms with van der Waals surface area (Å²) in [4.78, 5) is 23.6. The second kappa shape index (κ2) is 8.05. The standard InChI is InChI=1S/C17H16N2O3S/c1-22-16(21)14-9-5-8-13(10-14)15(20)19-17(23)18-11-12-6-3-2-4-7-12/h2-10H,11H2,1H3,(H2,18,19,20,23). The molecule has 0 bridgehead atoms. The van der Waals surface area contributed by atoms with E-state index in [-0.39, 0.29) is 11.0 Å². The van der Waals surface area contributed by atoms with Gasteiger partial charge in [-0.2, -0.15) is 0 Å². The number of thiocarbonyl (C=S) groups is 1. The van der Waals surface area contributed by atoms with E-state index >= 15 is 0 Å². The predicted octanol–water partition coefficient (Wildman–Crippen LogP) is 2.28.